The van der Waals surface area contributed by atoms with Crippen molar-refractivity contribution in [1.29, 1.82) is 0 Å². The zero-order chi connectivity index (χ0) is 8.69. The third kappa shape index (κ3) is 7.36. The molecule has 0 aromatic carbocycles. The van der Waals surface area contributed by atoms with E-state index in [2.05, 4.69) is 0 Å². The molecule has 0 aliphatic carbocycles. The Kier molecular flexibility index (Phi) is 5.88. The minimum absolute atomic E-state index is 0.0281. The molecule has 0 radical (unpaired) electrons. The summed E-state index contributed by atoms with van der Waals surface area (Å²) in [5.74, 6) is 0. The van der Waals surface area contributed by atoms with Gasteiger partial charge in [0, 0.05) is 0 Å². The van der Waals surface area contributed by atoms with Gasteiger partial charge in [0.25, 0.3) is 6.43 Å². The first-order valence-electron chi connectivity index (χ1n) is 3.33. The van der Waals surface area contributed by atoms with Crippen molar-refractivity contribution in [3.8, 4) is 0 Å². The van der Waals surface area contributed by atoms with Crippen molar-refractivity contribution >= 4 is 0 Å². The van der Waals surface area contributed by atoms with Crippen LogP contribution in [0.3, 0.4) is 0 Å². The molecule has 4 heteroatoms. The Hall–Kier alpha value is -0.540. The maximum Gasteiger partial charge on any atom is 0.257 e. The molecule has 0 saturated heterocycles. The third-order valence-corrected chi connectivity index (χ3v) is 1.08. The molecule has 11 heavy (non-hydrogen) atoms. The van der Waals surface area contributed by atoms with Gasteiger partial charge in [-0.25, -0.2) is 13.2 Å². The van der Waals surface area contributed by atoms with Crippen molar-refractivity contribution in [2.45, 2.75) is 25.4 Å². The van der Waals surface area contributed by atoms with Crippen LogP contribution in [0.4, 0.5) is 17.6 Å². The lowest BCUT2D eigenvalue weighted by Crippen LogP contribution is -1.96. The lowest BCUT2D eigenvalue weighted by molar-refractivity contribution is 0.202. The summed E-state index contributed by atoms with van der Waals surface area (Å²) in [6, 6.07) is 0. The quantitative estimate of drug-likeness (QED) is 0.439. The van der Waals surface area contributed by atoms with Crippen LogP contribution in [0.2, 0.25) is 0 Å². The average molecular weight is 170 g/mol. The second-order valence-corrected chi connectivity index (χ2v) is 2.07. The van der Waals surface area contributed by atoms with Crippen LogP contribution in [0.5, 0.6) is 0 Å². The van der Waals surface area contributed by atoms with Gasteiger partial charge in [-0.3, -0.25) is 4.39 Å². The van der Waals surface area contributed by atoms with E-state index < -0.39 is 19.3 Å². The SMILES string of the molecule is FCCCC(F)C=CC(F)F. The molecule has 0 aromatic heterocycles. The molecule has 0 aliphatic rings. The van der Waals surface area contributed by atoms with Crippen molar-refractivity contribution < 1.29 is 17.6 Å². The highest BCUT2D eigenvalue weighted by Gasteiger charge is 2.02. The van der Waals surface area contributed by atoms with Gasteiger partial charge in [0.05, 0.1) is 6.67 Å². The van der Waals surface area contributed by atoms with E-state index in [9.17, 15) is 17.6 Å². The predicted octanol–water partition coefficient (Wildman–Crippen LogP) is 2.90. The molecule has 0 nitrogen and oxygen atoms in total. The van der Waals surface area contributed by atoms with E-state index in [1.807, 2.05) is 0 Å². The van der Waals surface area contributed by atoms with E-state index in [-0.39, 0.29) is 12.8 Å². The van der Waals surface area contributed by atoms with Gasteiger partial charge in [0.1, 0.15) is 6.17 Å². The highest BCUT2D eigenvalue weighted by atomic mass is 19.3. The van der Waals surface area contributed by atoms with Gasteiger partial charge in [-0.15, -0.1) is 0 Å². The molecule has 0 amide bonds. The Balaban J connectivity index is 3.42. The van der Waals surface area contributed by atoms with Crippen LogP contribution >= 0.6 is 0 Å². The van der Waals surface area contributed by atoms with Crippen molar-refractivity contribution in [1.82, 2.24) is 0 Å². The zero-order valence-electron chi connectivity index (χ0n) is 5.94. The van der Waals surface area contributed by atoms with E-state index >= 15 is 0 Å². The van der Waals surface area contributed by atoms with Crippen molar-refractivity contribution in [3.63, 3.8) is 0 Å². The van der Waals surface area contributed by atoms with Crippen molar-refractivity contribution in [2.75, 3.05) is 6.67 Å². The molecule has 1 atom stereocenters. The Morgan fingerprint density at radius 3 is 2.18 bits per heavy atom. The molecule has 66 valence electrons. The van der Waals surface area contributed by atoms with Gasteiger partial charge in [-0.05, 0) is 25.0 Å². The summed E-state index contributed by atoms with van der Waals surface area (Å²) in [6.07, 6.45) is -2.78. The van der Waals surface area contributed by atoms with Crippen molar-refractivity contribution in [3.05, 3.63) is 12.2 Å². The van der Waals surface area contributed by atoms with Crippen LogP contribution < -0.4 is 0 Å². The molecule has 1 unspecified atom stereocenters. The maximum absolute atomic E-state index is 12.4. The summed E-state index contributed by atoms with van der Waals surface area (Å²) in [7, 11) is 0. The molecule has 0 spiro atoms. The third-order valence-electron chi connectivity index (χ3n) is 1.08. The smallest absolute Gasteiger partial charge is 0.251 e. The highest BCUT2D eigenvalue weighted by Crippen LogP contribution is 2.05. The van der Waals surface area contributed by atoms with Crippen LogP contribution in [0.15, 0.2) is 12.2 Å². The summed E-state index contributed by atoms with van der Waals surface area (Å²) < 4.78 is 46.6. The first-order chi connectivity index (χ1) is 5.16. The first-order valence-corrected chi connectivity index (χ1v) is 3.33. The minimum atomic E-state index is -2.63. The van der Waals surface area contributed by atoms with E-state index in [1.54, 1.807) is 0 Å². The number of hydrogen-bond acceptors (Lipinski definition) is 0. The second kappa shape index (κ2) is 6.19. The second-order valence-electron chi connectivity index (χ2n) is 2.07. The largest absolute Gasteiger partial charge is 0.257 e. The lowest BCUT2D eigenvalue weighted by Gasteiger charge is -1.98. The molecule has 0 N–H and O–H groups in total. The van der Waals surface area contributed by atoms with E-state index in [0.717, 1.165) is 6.08 Å². The Bertz CT molecular complexity index is 111. The summed E-state index contributed by atoms with van der Waals surface area (Å²) >= 11 is 0. The Morgan fingerprint density at radius 1 is 1.09 bits per heavy atom. The Morgan fingerprint density at radius 2 is 1.73 bits per heavy atom. The molecular formula is C7H10F4. The molecule has 0 heterocycles. The molecule has 0 bridgehead atoms. The molecule has 0 saturated carbocycles. The monoisotopic (exact) mass is 170 g/mol. The topological polar surface area (TPSA) is 0 Å². The molecule has 0 aliphatic heterocycles. The molecule has 0 aromatic rings. The fourth-order valence-corrected chi connectivity index (χ4v) is 0.573. The molecule has 0 rings (SSSR count). The van der Waals surface area contributed by atoms with Crippen LogP contribution in [0.25, 0.3) is 0 Å². The minimum Gasteiger partial charge on any atom is -0.251 e. The van der Waals surface area contributed by atoms with Crippen LogP contribution in [0, 0.1) is 0 Å². The van der Waals surface area contributed by atoms with Gasteiger partial charge < -0.3 is 0 Å². The van der Waals surface area contributed by atoms with Gasteiger partial charge in [-0.1, -0.05) is 0 Å². The van der Waals surface area contributed by atoms with E-state index in [0.29, 0.717) is 6.08 Å². The summed E-state index contributed by atoms with van der Waals surface area (Å²) in [4.78, 5) is 0. The highest BCUT2D eigenvalue weighted by molar-refractivity contribution is 4.90. The number of hydrogen-bond donors (Lipinski definition) is 0. The average Bonchev–Trinajstić information content (AvgIpc) is 1.97. The van der Waals surface area contributed by atoms with Gasteiger partial charge in [-0.2, -0.15) is 0 Å². The lowest BCUT2D eigenvalue weighted by atomic mass is 10.2. The molecule has 0 fully saturated rings. The number of alkyl halides is 4. The van der Waals surface area contributed by atoms with Crippen LogP contribution in [-0.2, 0) is 0 Å². The van der Waals surface area contributed by atoms with Gasteiger partial charge in [0.15, 0.2) is 0 Å². The van der Waals surface area contributed by atoms with E-state index in [4.69, 9.17) is 0 Å². The Labute approximate surface area is 62.9 Å². The number of rotatable bonds is 5. The fourth-order valence-electron chi connectivity index (χ4n) is 0.573. The zero-order valence-corrected chi connectivity index (χ0v) is 5.94. The van der Waals surface area contributed by atoms with Crippen LogP contribution in [0.1, 0.15) is 12.8 Å². The first kappa shape index (κ1) is 10.5. The van der Waals surface area contributed by atoms with Crippen molar-refractivity contribution in [2.24, 2.45) is 0 Å². The summed E-state index contributed by atoms with van der Waals surface area (Å²) in [6.45, 7) is -0.608. The summed E-state index contributed by atoms with van der Waals surface area (Å²) in [5, 5.41) is 0. The van der Waals surface area contributed by atoms with Gasteiger partial charge in [0.2, 0.25) is 0 Å². The maximum atomic E-state index is 12.4. The molecular weight excluding hydrogens is 160 g/mol. The summed E-state index contributed by atoms with van der Waals surface area (Å²) in [5.41, 5.74) is 0. The van der Waals surface area contributed by atoms with E-state index in [1.165, 1.54) is 0 Å². The number of halogens is 4. The number of allylic oxidation sites excluding steroid dienone is 2. The fraction of sp³-hybridized carbons (Fsp3) is 0.714. The van der Waals surface area contributed by atoms with Crippen LogP contribution in [-0.4, -0.2) is 19.3 Å². The predicted molar refractivity (Wildman–Crippen MR) is 35.2 cm³/mol. The normalized spacial score (nSPS) is 14.6. The standard InChI is InChI=1S/C7H10F4/c8-5-1-2-6(9)3-4-7(10)11/h3-4,6-7H,1-2,5H2. The van der Waals surface area contributed by atoms with Gasteiger partial charge >= 0.3 is 0 Å².